The SMILES string of the molecule is CC(CN=C(N)NCCc1ccccn1)c1c(Cl)cccc1Cl.I. The van der Waals surface area contributed by atoms with E-state index in [0.717, 1.165) is 17.7 Å². The second-order valence-electron chi connectivity index (χ2n) is 5.26. The number of hydrogen-bond acceptors (Lipinski definition) is 2. The van der Waals surface area contributed by atoms with Crippen LogP contribution in [0.4, 0.5) is 0 Å². The van der Waals surface area contributed by atoms with Gasteiger partial charge in [0.25, 0.3) is 0 Å². The van der Waals surface area contributed by atoms with Crippen molar-refractivity contribution in [2.75, 3.05) is 13.1 Å². The Morgan fingerprint density at radius 1 is 1.21 bits per heavy atom. The zero-order valence-corrected chi connectivity index (χ0v) is 17.2. The third-order valence-electron chi connectivity index (χ3n) is 3.44. The summed E-state index contributed by atoms with van der Waals surface area (Å²) in [6.45, 7) is 3.23. The Bertz CT molecular complexity index is 645. The van der Waals surface area contributed by atoms with Gasteiger partial charge in [0, 0.05) is 47.4 Å². The van der Waals surface area contributed by atoms with E-state index in [0.29, 0.717) is 29.1 Å². The van der Waals surface area contributed by atoms with Crippen molar-refractivity contribution in [1.82, 2.24) is 10.3 Å². The quantitative estimate of drug-likeness (QED) is 0.370. The van der Waals surface area contributed by atoms with Crippen LogP contribution < -0.4 is 11.1 Å². The highest BCUT2D eigenvalue weighted by atomic mass is 127. The van der Waals surface area contributed by atoms with E-state index in [9.17, 15) is 0 Å². The Hall–Kier alpha value is -1.05. The summed E-state index contributed by atoms with van der Waals surface area (Å²) in [6.07, 6.45) is 2.57. The molecular weight excluding hydrogens is 458 g/mol. The standard InChI is InChI=1S/C17H20Cl2N4.HI/c1-12(16-14(18)6-4-7-15(16)19)11-23-17(20)22-10-8-13-5-2-3-9-21-13;/h2-7,9,12H,8,10-11H2,1H3,(H3,20,22,23);1H. The van der Waals surface area contributed by atoms with Crippen LogP contribution in [0.25, 0.3) is 0 Å². The van der Waals surface area contributed by atoms with E-state index in [1.807, 2.05) is 43.3 Å². The number of pyridine rings is 1. The van der Waals surface area contributed by atoms with Crippen LogP contribution in [-0.2, 0) is 6.42 Å². The molecule has 1 aromatic heterocycles. The first-order valence-corrected chi connectivity index (χ1v) is 8.21. The molecule has 2 aromatic rings. The van der Waals surface area contributed by atoms with E-state index in [-0.39, 0.29) is 29.9 Å². The Labute approximate surface area is 169 Å². The van der Waals surface area contributed by atoms with Gasteiger partial charge < -0.3 is 11.1 Å². The monoisotopic (exact) mass is 478 g/mol. The molecule has 1 atom stereocenters. The van der Waals surface area contributed by atoms with Crippen molar-refractivity contribution < 1.29 is 0 Å². The fourth-order valence-corrected chi connectivity index (χ4v) is 3.00. The van der Waals surface area contributed by atoms with E-state index in [4.69, 9.17) is 28.9 Å². The Morgan fingerprint density at radius 3 is 2.54 bits per heavy atom. The van der Waals surface area contributed by atoms with Gasteiger partial charge in [-0.15, -0.1) is 24.0 Å². The molecule has 0 radical (unpaired) electrons. The van der Waals surface area contributed by atoms with Gasteiger partial charge in [0.15, 0.2) is 5.96 Å². The maximum atomic E-state index is 6.20. The third-order valence-corrected chi connectivity index (χ3v) is 4.10. The third kappa shape index (κ3) is 6.45. The molecule has 0 bridgehead atoms. The lowest BCUT2D eigenvalue weighted by Crippen LogP contribution is -2.33. The van der Waals surface area contributed by atoms with Gasteiger partial charge in [-0.05, 0) is 29.8 Å². The number of hydrogen-bond donors (Lipinski definition) is 2. The van der Waals surface area contributed by atoms with Gasteiger partial charge in [0.05, 0.1) is 0 Å². The van der Waals surface area contributed by atoms with Crippen LogP contribution in [0.5, 0.6) is 0 Å². The molecule has 0 aliphatic carbocycles. The summed E-state index contributed by atoms with van der Waals surface area (Å²) in [7, 11) is 0. The normalized spacial score (nSPS) is 12.4. The Balaban J connectivity index is 0.00000288. The number of nitrogens with two attached hydrogens (primary N) is 1. The maximum absolute atomic E-state index is 6.20. The van der Waals surface area contributed by atoms with E-state index in [1.165, 1.54) is 0 Å². The zero-order chi connectivity index (χ0) is 16.7. The molecule has 1 aromatic carbocycles. The smallest absolute Gasteiger partial charge is 0.188 e. The first-order chi connectivity index (χ1) is 11.1. The first-order valence-electron chi connectivity index (χ1n) is 7.45. The van der Waals surface area contributed by atoms with Gasteiger partial charge in [-0.25, -0.2) is 0 Å². The molecule has 24 heavy (non-hydrogen) atoms. The summed E-state index contributed by atoms with van der Waals surface area (Å²) in [4.78, 5) is 8.62. The van der Waals surface area contributed by atoms with Gasteiger partial charge in [-0.2, -0.15) is 0 Å². The number of halogens is 3. The fraction of sp³-hybridized carbons (Fsp3) is 0.294. The van der Waals surface area contributed by atoms with Crippen LogP contribution in [0.3, 0.4) is 0 Å². The molecule has 3 N–H and O–H groups in total. The summed E-state index contributed by atoms with van der Waals surface area (Å²) < 4.78 is 0. The molecule has 0 aliphatic rings. The molecule has 0 saturated carbocycles. The van der Waals surface area contributed by atoms with E-state index >= 15 is 0 Å². The van der Waals surface area contributed by atoms with Gasteiger partial charge >= 0.3 is 0 Å². The number of rotatable bonds is 6. The lowest BCUT2D eigenvalue weighted by molar-refractivity contribution is 0.761. The second-order valence-corrected chi connectivity index (χ2v) is 6.07. The Kier molecular flexibility index (Phi) is 9.39. The van der Waals surface area contributed by atoms with Crippen LogP contribution in [0.1, 0.15) is 24.1 Å². The van der Waals surface area contributed by atoms with Crippen molar-refractivity contribution in [3.63, 3.8) is 0 Å². The van der Waals surface area contributed by atoms with Crippen molar-refractivity contribution >= 4 is 53.1 Å². The maximum Gasteiger partial charge on any atom is 0.188 e. The highest BCUT2D eigenvalue weighted by Crippen LogP contribution is 2.31. The predicted molar refractivity (Wildman–Crippen MR) is 113 cm³/mol. The van der Waals surface area contributed by atoms with Gasteiger partial charge in [0.1, 0.15) is 0 Å². The minimum absolute atomic E-state index is 0. The minimum Gasteiger partial charge on any atom is -0.370 e. The van der Waals surface area contributed by atoms with Crippen molar-refractivity contribution in [2.24, 2.45) is 10.7 Å². The lowest BCUT2D eigenvalue weighted by Gasteiger charge is -2.14. The van der Waals surface area contributed by atoms with Crippen molar-refractivity contribution in [1.29, 1.82) is 0 Å². The molecule has 4 nitrogen and oxygen atoms in total. The lowest BCUT2D eigenvalue weighted by atomic mass is 10.0. The Morgan fingerprint density at radius 2 is 1.92 bits per heavy atom. The predicted octanol–water partition coefficient (Wildman–Crippen LogP) is 4.26. The van der Waals surface area contributed by atoms with Crippen LogP contribution in [0.2, 0.25) is 10.0 Å². The number of nitrogens with one attached hydrogen (secondary N) is 1. The number of aliphatic imine (C=N–C) groups is 1. The molecule has 2 rings (SSSR count). The number of nitrogens with zero attached hydrogens (tertiary/aromatic N) is 2. The molecule has 1 unspecified atom stereocenters. The molecule has 130 valence electrons. The second kappa shape index (κ2) is 10.7. The largest absolute Gasteiger partial charge is 0.370 e. The summed E-state index contributed by atoms with van der Waals surface area (Å²) in [5.74, 6) is 0.503. The van der Waals surface area contributed by atoms with Crippen LogP contribution >= 0.6 is 47.2 Å². The average molecular weight is 479 g/mol. The van der Waals surface area contributed by atoms with E-state index < -0.39 is 0 Å². The zero-order valence-electron chi connectivity index (χ0n) is 13.4. The van der Waals surface area contributed by atoms with Crippen LogP contribution in [0.15, 0.2) is 47.6 Å². The van der Waals surface area contributed by atoms with Crippen LogP contribution in [0, 0.1) is 0 Å². The minimum atomic E-state index is 0. The summed E-state index contributed by atoms with van der Waals surface area (Å²) in [6, 6.07) is 11.3. The fourth-order valence-electron chi connectivity index (χ4n) is 2.23. The molecule has 0 saturated heterocycles. The number of aromatic nitrogens is 1. The molecular formula is C17H21Cl2IN4. The highest BCUT2D eigenvalue weighted by molar-refractivity contribution is 14.0. The summed E-state index contributed by atoms with van der Waals surface area (Å²) in [5, 5.41) is 4.40. The molecule has 0 amide bonds. The average Bonchev–Trinajstić information content (AvgIpc) is 2.54. The number of guanidine groups is 1. The van der Waals surface area contributed by atoms with E-state index in [2.05, 4.69) is 15.3 Å². The summed E-state index contributed by atoms with van der Waals surface area (Å²) in [5.41, 5.74) is 7.81. The molecule has 0 fully saturated rings. The summed E-state index contributed by atoms with van der Waals surface area (Å²) >= 11 is 12.4. The van der Waals surface area contributed by atoms with E-state index in [1.54, 1.807) is 6.20 Å². The van der Waals surface area contributed by atoms with Crippen molar-refractivity contribution in [3.05, 3.63) is 63.9 Å². The molecule has 7 heteroatoms. The molecule has 0 spiro atoms. The molecule has 1 heterocycles. The first kappa shape index (κ1) is 21.0. The van der Waals surface area contributed by atoms with Crippen LogP contribution in [-0.4, -0.2) is 24.0 Å². The van der Waals surface area contributed by atoms with Gasteiger partial charge in [-0.3, -0.25) is 9.98 Å². The van der Waals surface area contributed by atoms with Gasteiger partial charge in [0.2, 0.25) is 0 Å². The van der Waals surface area contributed by atoms with Crippen molar-refractivity contribution in [2.45, 2.75) is 19.3 Å². The molecule has 0 aliphatic heterocycles. The highest BCUT2D eigenvalue weighted by Gasteiger charge is 2.13. The topological polar surface area (TPSA) is 63.3 Å². The van der Waals surface area contributed by atoms with Gasteiger partial charge in [-0.1, -0.05) is 42.3 Å². The number of benzene rings is 1. The van der Waals surface area contributed by atoms with Crippen molar-refractivity contribution in [3.8, 4) is 0 Å².